The SMILES string of the molecule is CN1CCC(C(=O)N2CCC(CN3C(=O)OCC3(C)C)(C3CCCCC3)CC2)C(c2ccc(F)cc2)C1. The van der Waals surface area contributed by atoms with E-state index in [1.54, 1.807) is 0 Å². The first-order valence-corrected chi connectivity index (χ1v) is 14.4. The molecule has 204 valence electrons. The summed E-state index contributed by atoms with van der Waals surface area (Å²) in [6.07, 6.45) is 8.79. The Morgan fingerprint density at radius 2 is 1.70 bits per heavy atom. The predicted molar refractivity (Wildman–Crippen MR) is 142 cm³/mol. The fourth-order valence-corrected chi connectivity index (χ4v) is 7.51. The number of benzene rings is 1. The number of piperidine rings is 2. The summed E-state index contributed by atoms with van der Waals surface area (Å²) in [7, 11) is 2.10. The molecule has 5 rings (SSSR count). The molecule has 1 aliphatic carbocycles. The molecule has 3 saturated heterocycles. The second kappa shape index (κ2) is 10.5. The number of nitrogens with zero attached hydrogens (tertiary/aromatic N) is 3. The number of halogens is 1. The molecule has 37 heavy (non-hydrogen) atoms. The van der Waals surface area contributed by atoms with Gasteiger partial charge in [-0.2, -0.15) is 0 Å². The third-order valence-electron chi connectivity index (χ3n) is 9.95. The molecule has 0 bridgehead atoms. The smallest absolute Gasteiger partial charge is 0.410 e. The van der Waals surface area contributed by atoms with Crippen molar-refractivity contribution in [2.75, 3.05) is 46.4 Å². The van der Waals surface area contributed by atoms with E-state index in [0.29, 0.717) is 12.5 Å². The number of amides is 2. The summed E-state index contributed by atoms with van der Waals surface area (Å²) in [5, 5.41) is 0. The average Bonchev–Trinajstić information content (AvgIpc) is 3.16. The standard InChI is InChI=1S/C30H44FN3O3/c1-29(2)21-37-28(36)34(29)20-30(23-7-5-4-6-8-23)14-17-33(18-15-30)27(35)25-13-16-32(3)19-26(25)22-9-11-24(31)12-10-22/h9-12,23,25-26H,4-8,13-21H2,1-3H3. The Hall–Kier alpha value is -2.15. The van der Waals surface area contributed by atoms with E-state index in [4.69, 9.17) is 4.74 Å². The van der Waals surface area contributed by atoms with Gasteiger partial charge >= 0.3 is 6.09 Å². The second-order valence-electron chi connectivity index (χ2n) is 12.8. The van der Waals surface area contributed by atoms with Gasteiger partial charge in [0.1, 0.15) is 12.4 Å². The van der Waals surface area contributed by atoms with Gasteiger partial charge in [-0.25, -0.2) is 9.18 Å². The topological polar surface area (TPSA) is 53.1 Å². The lowest BCUT2D eigenvalue weighted by atomic mass is 9.63. The molecular weight excluding hydrogens is 469 g/mol. The third-order valence-corrected chi connectivity index (χ3v) is 9.95. The summed E-state index contributed by atoms with van der Waals surface area (Å²) in [6.45, 7) is 8.59. The minimum Gasteiger partial charge on any atom is -0.447 e. The van der Waals surface area contributed by atoms with Crippen LogP contribution in [0.15, 0.2) is 24.3 Å². The van der Waals surface area contributed by atoms with Crippen LogP contribution in [0.5, 0.6) is 0 Å². The van der Waals surface area contributed by atoms with Gasteiger partial charge in [0.05, 0.1) is 5.54 Å². The number of carbonyl (C=O) groups excluding carboxylic acids is 2. The predicted octanol–water partition coefficient (Wildman–Crippen LogP) is 5.28. The van der Waals surface area contributed by atoms with Crippen LogP contribution in [0.25, 0.3) is 0 Å². The number of hydrogen-bond donors (Lipinski definition) is 0. The second-order valence-corrected chi connectivity index (χ2v) is 12.8. The maximum Gasteiger partial charge on any atom is 0.410 e. The highest BCUT2D eigenvalue weighted by Gasteiger charge is 2.50. The number of likely N-dealkylation sites (tertiary alicyclic amines) is 2. The van der Waals surface area contributed by atoms with Crippen LogP contribution in [0, 0.1) is 23.1 Å². The number of cyclic esters (lactones) is 1. The Bertz CT molecular complexity index is 967. The van der Waals surface area contributed by atoms with Crippen molar-refractivity contribution in [2.45, 2.75) is 76.7 Å². The van der Waals surface area contributed by atoms with Gasteiger partial charge in [0.25, 0.3) is 0 Å². The van der Waals surface area contributed by atoms with Crippen LogP contribution in [-0.2, 0) is 9.53 Å². The zero-order valence-electron chi connectivity index (χ0n) is 22.9. The van der Waals surface area contributed by atoms with Crippen molar-refractivity contribution < 1.29 is 18.7 Å². The molecule has 1 aromatic carbocycles. The molecule has 0 radical (unpaired) electrons. The fraction of sp³-hybridized carbons (Fsp3) is 0.733. The maximum atomic E-state index is 13.9. The molecule has 2 atom stereocenters. The molecule has 0 spiro atoms. The number of likely N-dealkylation sites (N-methyl/N-ethyl adjacent to an activating group) is 1. The van der Waals surface area contributed by atoms with E-state index >= 15 is 0 Å². The first-order valence-electron chi connectivity index (χ1n) is 14.4. The van der Waals surface area contributed by atoms with E-state index in [9.17, 15) is 14.0 Å². The van der Waals surface area contributed by atoms with Crippen molar-refractivity contribution in [2.24, 2.45) is 17.3 Å². The van der Waals surface area contributed by atoms with Crippen molar-refractivity contribution in [3.05, 3.63) is 35.6 Å². The molecule has 2 unspecified atom stereocenters. The Morgan fingerprint density at radius 1 is 1.03 bits per heavy atom. The van der Waals surface area contributed by atoms with E-state index in [0.717, 1.165) is 57.5 Å². The van der Waals surface area contributed by atoms with Gasteiger partial charge in [0.2, 0.25) is 5.91 Å². The Morgan fingerprint density at radius 3 is 2.32 bits per heavy atom. The molecule has 2 amide bonds. The Labute approximate surface area is 221 Å². The molecule has 3 aliphatic heterocycles. The molecule has 1 aromatic rings. The molecule has 6 nitrogen and oxygen atoms in total. The molecule has 0 N–H and O–H groups in total. The minimum absolute atomic E-state index is 0.0426. The summed E-state index contributed by atoms with van der Waals surface area (Å²) in [5.41, 5.74) is 0.804. The first kappa shape index (κ1) is 26.5. The van der Waals surface area contributed by atoms with Crippen LogP contribution < -0.4 is 0 Å². The highest BCUT2D eigenvalue weighted by molar-refractivity contribution is 5.80. The number of ether oxygens (including phenoxy) is 1. The molecule has 4 aliphatic rings. The van der Waals surface area contributed by atoms with Gasteiger partial charge in [-0.15, -0.1) is 0 Å². The summed E-state index contributed by atoms with van der Waals surface area (Å²) in [5.74, 6) is 0.614. The zero-order chi connectivity index (χ0) is 26.2. The van der Waals surface area contributed by atoms with Gasteiger partial charge in [-0.05, 0) is 88.6 Å². The number of hydrogen-bond acceptors (Lipinski definition) is 4. The van der Waals surface area contributed by atoms with Crippen molar-refractivity contribution in [1.29, 1.82) is 0 Å². The quantitative estimate of drug-likeness (QED) is 0.538. The monoisotopic (exact) mass is 513 g/mol. The van der Waals surface area contributed by atoms with Crippen LogP contribution >= 0.6 is 0 Å². The first-order chi connectivity index (χ1) is 17.7. The summed E-state index contributed by atoms with van der Waals surface area (Å²) in [6, 6.07) is 6.72. The van der Waals surface area contributed by atoms with E-state index in [1.807, 2.05) is 17.0 Å². The van der Waals surface area contributed by atoms with Crippen LogP contribution in [0.3, 0.4) is 0 Å². The number of carbonyl (C=O) groups is 2. The molecule has 0 aromatic heterocycles. The van der Waals surface area contributed by atoms with Gasteiger partial charge in [0.15, 0.2) is 0 Å². The van der Waals surface area contributed by atoms with Crippen LogP contribution in [0.2, 0.25) is 0 Å². The highest BCUT2D eigenvalue weighted by Crippen LogP contribution is 2.48. The molecule has 1 saturated carbocycles. The summed E-state index contributed by atoms with van der Waals surface area (Å²) in [4.78, 5) is 33.0. The van der Waals surface area contributed by atoms with Crippen molar-refractivity contribution in [3.63, 3.8) is 0 Å². The van der Waals surface area contributed by atoms with Gasteiger partial charge < -0.3 is 14.5 Å². The van der Waals surface area contributed by atoms with Gasteiger partial charge in [-0.1, -0.05) is 31.4 Å². The lowest BCUT2D eigenvalue weighted by Crippen LogP contribution is -2.56. The average molecular weight is 514 g/mol. The van der Waals surface area contributed by atoms with Crippen LogP contribution in [0.1, 0.15) is 76.7 Å². The fourth-order valence-electron chi connectivity index (χ4n) is 7.51. The van der Waals surface area contributed by atoms with E-state index in [1.165, 1.54) is 44.2 Å². The summed E-state index contributed by atoms with van der Waals surface area (Å²) < 4.78 is 19.1. The van der Waals surface area contributed by atoms with E-state index < -0.39 is 0 Å². The van der Waals surface area contributed by atoms with Gasteiger partial charge in [-0.3, -0.25) is 9.69 Å². The van der Waals surface area contributed by atoms with Crippen LogP contribution in [-0.4, -0.2) is 78.6 Å². The minimum atomic E-state index is -0.289. The molecule has 7 heteroatoms. The highest BCUT2D eigenvalue weighted by atomic mass is 19.1. The lowest BCUT2D eigenvalue weighted by Gasteiger charge is -2.51. The molecular formula is C30H44FN3O3. The van der Waals surface area contributed by atoms with E-state index in [2.05, 4.69) is 30.7 Å². The van der Waals surface area contributed by atoms with E-state index in [-0.39, 0.29) is 40.6 Å². The number of rotatable bonds is 5. The maximum absolute atomic E-state index is 13.9. The summed E-state index contributed by atoms with van der Waals surface area (Å²) >= 11 is 0. The Balaban J connectivity index is 1.32. The normalized spacial score (nSPS) is 28.8. The largest absolute Gasteiger partial charge is 0.447 e. The van der Waals surface area contributed by atoms with Crippen molar-refractivity contribution in [1.82, 2.24) is 14.7 Å². The third kappa shape index (κ3) is 5.39. The Kier molecular flexibility index (Phi) is 7.54. The molecule has 3 heterocycles. The van der Waals surface area contributed by atoms with Crippen LogP contribution in [0.4, 0.5) is 9.18 Å². The zero-order valence-corrected chi connectivity index (χ0v) is 22.9. The van der Waals surface area contributed by atoms with Crippen molar-refractivity contribution >= 4 is 12.0 Å². The lowest BCUT2D eigenvalue weighted by molar-refractivity contribution is -0.141. The van der Waals surface area contributed by atoms with Gasteiger partial charge in [0, 0.05) is 38.0 Å². The molecule has 4 fully saturated rings. The van der Waals surface area contributed by atoms with Crippen molar-refractivity contribution in [3.8, 4) is 0 Å².